The highest BCUT2D eigenvalue weighted by Crippen LogP contribution is 2.29. The molecule has 0 fully saturated rings. The Balaban J connectivity index is 2.19. The summed E-state index contributed by atoms with van der Waals surface area (Å²) >= 11 is 3.21. The van der Waals surface area contributed by atoms with Crippen molar-refractivity contribution in [1.82, 2.24) is 9.97 Å². The first kappa shape index (κ1) is 15.2. The van der Waals surface area contributed by atoms with Crippen LogP contribution in [0.4, 0.5) is 11.5 Å². The van der Waals surface area contributed by atoms with Crippen LogP contribution in [0.25, 0.3) is 0 Å². The summed E-state index contributed by atoms with van der Waals surface area (Å²) in [5.74, 6) is 1.18. The van der Waals surface area contributed by atoms with Gasteiger partial charge in [-0.1, -0.05) is 22.9 Å². The average Bonchev–Trinajstić information content (AvgIpc) is 2.45. The Morgan fingerprint density at radius 3 is 2.90 bits per heavy atom. The van der Waals surface area contributed by atoms with E-state index >= 15 is 0 Å². The van der Waals surface area contributed by atoms with Crippen LogP contribution in [0, 0.1) is 10.1 Å². The second-order valence-electron chi connectivity index (χ2n) is 4.17. The molecule has 0 radical (unpaired) electrons. The van der Waals surface area contributed by atoms with Crippen molar-refractivity contribution >= 4 is 27.4 Å². The lowest BCUT2D eigenvalue weighted by atomic mass is 10.3. The van der Waals surface area contributed by atoms with Gasteiger partial charge in [-0.2, -0.15) is 4.98 Å². The van der Waals surface area contributed by atoms with E-state index < -0.39 is 4.92 Å². The number of hydrogen-bond donors (Lipinski definition) is 1. The zero-order valence-corrected chi connectivity index (χ0v) is 12.8. The van der Waals surface area contributed by atoms with Crippen molar-refractivity contribution in [2.45, 2.75) is 13.3 Å². The molecule has 0 aliphatic heterocycles. The van der Waals surface area contributed by atoms with E-state index in [0.29, 0.717) is 16.0 Å². The van der Waals surface area contributed by atoms with Gasteiger partial charge in [-0.25, -0.2) is 0 Å². The maximum atomic E-state index is 10.8. The van der Waals surface area contributed by atoms with Crippen molar-refractivity contribution in [3.63, 3.8) is 0 Å². The first-order valence-electron chi connectivity index (χ1n) is 6.27. The summed E-state index contributed by atoms with van der Waals surface area (Å²) in [5, 5.41) is 13.9. The van der Waals surface area contributed by atoms with Gasteiger partial charge in [0.15, 0.2) is 0 Å². The van der Waals surface area contributed by atoms with Crippen LogP contribution in [-0.2, 0) is 0 Å². The van der Waals surface area contributed by atoms with Crippen LogP contribution in [0.15, 0.2) is 35.1 Å². The van der Waals surface area contributed by atoms with Gasteiger partial charge in [0, 0.05) is 17.1 Å². The number of nitrogens with one attached hydrogen (secondary N) is 1. The fourth-order valence-electron chi connectivity index (χ4n) is 1.57. The molecule has 0 spiro atoms. The topological polar surface area (TPSA) is 90.2 Å². The minimum absolute atomic E-state index is 0.0624. The van der Waals surface area contributed by atoms with E-state index in [4.69, 9.17) is 4.74 Å². The van der Waals surface area contributed by atoms with E-state index in [1.807, 2.05) is 6.92 Å². The number of ether oxygens (including phenoxy) is 1. The fraction of sp³-hybridized carbons (Fsp3) is 0.231. The van der Waals surface area contributed by atoms with Gasteiger partial charge in [0.1, 0.15) is 11.6 Å². The molecule has 0 saturated carbocycles. The Morgan fingerprint density at radius 1 is 1.38 bits per heavy atom. The van der Waals surface area contributed by atoms with E-state index in [1.165, 1.54) is 18.3 Å². The molecule has 0 saturated heterocycles. The molecule has 110 valence electrons. The smallest absolute Gasteiger partial charge is 0.274 e. The third-order valence-corrected chi connectivity index (χ3v) is 2.92. The summed E-state index contributed by atoms with van der Waals surface area (Å²) in [6.45, 7) is 2.82. The van der Waals surface area contributed by atoms with Gasteiger partial charge >= 0.3 is 0 Å². The summed E-state index contributed by atoms with van der Waals surface area (Å²) in [7, 11) is 0. The van der Waals surface area contributed by atoms with Crippen LogP contribution in [0.5, 0.6) is 11.6 Å². The monoisotopic (exact) mass is 352 g/mol. The highest BCUT2D eigenvalue weighted by molar-refractivity contribution is 9.10. The van der Waals surface area contributed by atoms with Gasteiger partial charge in [0.25, 0.3) is 5.69 Å². The van der Waals surface area contributed by atoms with Gasteiger partial charge in [-0.15, -0.1) is 0 Å². The number of halogens is 1. The van der Waals surface area contributed by atoms with Crippen molar-refractivity contribution < 1.29 is 9.66 Å². The largest absolute Gasteiger partial charge is 0.437 e. The minimum Gasteiger partial charge on any atom is -0.437 e. The number of nitro benzene ring substituents is 1. The van der Waals surface area contributed by atoms with E-state index in [2.05, 4.69) is 31.2 Å². The third kappa shape index (κ3) is 4.38. The Morgan fingerprint density at radius 2 is 2.19 bits per heavy atom. The van der Waals surface area contributed by atoms with Crippen molar-refractivity contribution in [2.75, 3.05) is 11.9 Å². The van der Waals surface area contributed by atoms with Crippen molar-refractivity contribution in [1.29, 1.82) is 0 Å². The summed E-state index contributed by atoms with van der Waals surface area (Å²) in [6.07, 6.45) is 4.00. The maximum absolute atomic E-state index is 10.8. The quantitative estimate of drug-likeness (QED) is 0.628. The zero-order valence-electron chi connectivity index (χ0n) is 11.2. The van der Waals surface area contributed by atoms with E-state index in [-0.39, 0.29) is 11.6 Å². The van der Waals surface area contributed by atoms with Crippen LogP contribution in [0.3, 0.4) is 0 Å². The SMILES string of the molecule is CCCNc1cncc(Oc2cc(Br)cc([N+](=O)[O-])c2)n1. The van der Waals surface area contributed by atoms with E-state index in [0.717, 1.165) is 13.0 Å². The minimum atomic E-state index is -0.484. The van der Waals surface area contributed by atoms with E-state index in [1.54, 1.807) is 12.3 Å². The molecule has 1 N–H and O–H groups in total. The molecule has 1 aromatic carbocycles. The molecule has 0 unspecified atom stereocenters. The molecule has 0 aliphatic carbocycles. The summed E-state index contributed by atoms with van der Waals surface area (Å²) in [5.41, 5.74) is -0.0624. The predicted molar refractivity (Wildman–Crippen MR) is 81.7 cm³/mol. The molecule has 2 aromatic rings. The number of rotatable bonds is 6. The number of nitro groups is 1. The molecule has 1 heterocycles. The van der Waals surface area contributed by atoms with Gasteiger partial charge in [-0.05, 0) is 12.5 Å². The Labute approximate surface area is 129 Å². The van der Waals surface area contributed by atoms with Crippen LogP contribution >= 0.6 is 15.9 Å². The van der Waals surface area contributed by atoms with E-state index in [9.17, 15) is 10.1 Å². The lowest BCUT2D eigenvalue weighted by Gasteiger charge is -2.07. The second kappa shape index (κ2) is 6.98. The summed E-state index contributed by atoms with van der Waals surface area (Å²) in [6, 6.07) is 4.36. The zero-order chi connectivity index (χ0) is 15.2. The van der Waals surface area contributed by atoms with Crippen molar-refractivity contribution in [2.24, 2.45) is 0 Å². The number of benzene rings is 1. The molecule has 0 atom stereocenters. The number of nitrogens with zero attached hydrogens (tertiary/aromatic N) is 3. The highest BCUT2D eigenvalue weighted by atomic mass is 79.9. The predicted octanol–water partition coefficient (Wildman–Crippen LogP) is 3.76. The molecule has 0 amide bonds. The molecule has 7 nitrogen and oxygen atoms in total. The summed E-state index contributed by atoms with van der Waals surface area (Å²) < 4.78 is 6.08. The molecule has 21 heavy (non-hydrogen) atoms. The first-order chi connectivity index (χ1) is 10.1. The van der Waals surface area contributed by atoms with Gasteiger partial charge in [0.2, 0.25) is 5.88 Å². The molecule has 0 aliphatic rings. The van der Waals surface area contributed by atoms with Crippen LogP contribution in [-0.4, -0.2) is 21.4 Å². The third-order valence-electron chi connectivity index (χ3n) is 2.46. The second-order valence-corrected chi connectivity index (χ2v) is 5.09. The number of anilines is 1. The summed E-state index contributed by atoms with van der Waals surface area (Å²) in [4.78, 5) is 18.6. The Bertz CT molecular complexity index is 651. The highest BCUT2D eigenvalue weighted by Gasteiger charge is 2.11. The van der Waals surface area contributed by atoms with Gasteiger partial charge < -0.3 is 10.1 Å². The average molecular weight is 353 g/mol. The first-order valence-corrected chi connectivity index (χ1v) is 7.06. The number of hydrogen-bond acceptors (Lipinski definition) is 6. The Hall–Kier alpha value is -2.22. The van der Waals surface area contributed by atoms with Gasteiger partial charge in [0.05, 0.1) is 23.4 Å². The molecule has 8 heteroatoms. The van der Waals surface area contributed by atoms with Crippen LogP contribution < -0.4 is 10.1 Å². The van der Waals surface area contributed by atoms with Crippen molar-refractivity contribution in [3.8, 4) is 11.6 Å². The number of non-ortho nitro benzene ring substituents is 1. The molecule has 0 bridgehead atoms. The molecule has 2 rings (SSSR count). The van der Waals surface area contributed by atoms with Crippen molar-refractivity contribution in [3.05, 3.63) is 45.2 Å². The molecule has 1 aromatic heterocycles. The van der Waals surface area contributed by atoms with Crippen LogP contribution in [0.2, 0.25) is 0 Å². The lowest BCUT2D eigenvalue weighted by Crippen LogP contribution is -2.03. The molecular weight excluding hydrogens is 340 g/mol. The van der Waals surface area contributed by atoms with Crippen LogP contribution in [0.1, 0.15) is 13.3 Å². The Kier molecular flexibility index (Phi) is 5.04. The molecular formula is C13H13BrN4O3. The maximum Gasteiger partial charge on any atom is 0.274 e. The fourth-order valence-corrected chi connectivity index (χ4v) is 2.03. The lowest BCUT2D eigenvalue weighted by molar-refractivity contribution is -0.385. The normalized spacial score (nSPS) is 10.2. The number of aromatic nitrogens is 2. The standard InChI is InChI=1S/C13H13BrN4O3/c1-2-3-16-12-7-15-8-13(17-12)21-11-5-9(14)4-10(6-11)18(19)20/h4-8H,2-3H2,1H3,(H,16,17). The van der Waals surface area contributed by atoms with Gasteiger partial charge in [-0.3, -0.25) is 15.1 Å².